The number of nitrogens with one attached hydrogen (secondary N) is 2. The Morgan fingerprint density at radius 1 is 1.26 bits per heavy atom. The number of hydrogen-bond acceptors (Lipinski definition) is 3. The fraction of sp³-hybridized carbons (Fsp3) is 0.464. The van der Waals surface area contributed by atoms with Crippen LogP contribution in [0.15, 0.2) is 48.7 Å². The number of fused-ring (bicyclic) bond motifs is 2. The van der Waals surface area contributed by atoms with Gasteiger partial charge < -0.3 is 20.1 Å². The van der Waals surface area contributed by atoms with Gasteiger partial charge in [-0.15, -0.1) is 0 Å². The van der Waals surface area contributed by atoms with Crippen LogP contribution in [0.5, 0.6) is 0 Å². The normalized spacial score (nSPS) is 17.7. The molecule has 2 heterocycles. The molecule has 182 valence electrons. The maximum Gasteiger partial charge on any atom is 0.244 e. The second-order valence-corrected chi connectivity index (χ2v) is 10.4. The van der Waals surface area contributed by atoms with Crippen molar-refractivity contribution >= 4 is 34.1 Å². The number of nitrogens with zero attached hydrogens (tertiary/aromatic N) is 2. The van der Waals surface area contributed by atoms with Gasteiger partial charge in [0.05, 0.1) is 6.04 Å². The molecule has 0 saturated carbocycles. The maximum atomic E-state index is 14.3. The average molecular weight is 481 g/mol. The number of halogens is 1. The number of rotatable bonds is 9. The summed E-state index contributed by atoms with van der Waals surface area (Å²) in [5.74, 6) is 0.524. The molecule has 1 aliphatic heterocycles. The van der Waals surface area contributed by atoms with Gasteiger partial charge in [-0.3, -0.25) is 4.79 Å². The van der Waals surface area contributed by atoms with Crippen molar-refractivity contribution in [2.24, 2.45) is 5.92 Å². The van der Waals surface area contributed by atoms with Crippen LogP contribution in [0.3, 0.4) is 0 Å². The van der Waals surface area contributed by atoms with E-state index in [1.807, 2.05) is 29.2 Å². The van der Waals surface area contributed by atoms with Crippen LogP contribution >= 0.6 is 11.6 Å². The second-order valence-electron chi connectivity index (χ2n) is 9.92. The molecule has 5 nitrogen and oxygen atoms in total. The van der Waals surface area contributed by atoms with Crippen LogP contribution in [0, 0.1) is 5.92 Å². The summed E-state index contributed by atoms with van der Waals surface area (Å²) in [5.41, 5.74) is 4.44. The third kappa shape index (κ3) is 5.32. The Morgan fingerprint density at radius 2 is 2.06 bits per heavy atom. The average Bonchev–Trinajstić information content (AvgIpc) is 3.24. The van der Waals surface area contributed by atoms with Crippen molar-refractivity contribution < 1.29 is 4.79 Å². The van der Waals surface area contributed by atoms with Crippen LogP contribution in [0.4, 0.5) is 5.69 Å². The van der Waals surface area contributed by atoms with Crippen molar-refractivity contribution in [3.63, 3.8) is 0 Å². The van der Waals surface area contributed by atoms with Gasteiger partial charge in [0.1, 0.15) is 0 Å². The van der Waals surface area contributed by atoms with Crippen LogP contribution in [-0.2, 0) is 11.2 Å². The van der Waals surface area contributed by atoms with Gasteiger partial charge in [-0.05, 0) is 74.8 Å². The van der Waals surface area contributed by atoms with Gasteiger partial charge in [0.25, 0.3) is 0 Å². The molecular weight excluding hydrogens is 444 g/mol. The zero-order valence-electron chi connectivity index (χ0n) is 20.8. The highest BCUT2D eigenvalue weighted by Gasteiger charge is 2.36. The number of para-hydroxylation sites is 1. The third-order valence-electron chi connectivity index (χ3n) is 6.94. The molecule has 0 spiro atoms. The van der Waals surface area contributed by atoms with E-state index in [2.05, 4.69) is 67.5 Å². The van der Waals surface area contributed by atoms with E-state index < -0.39 is 0 Å². The summed E-state index contributed by atoms with van der Waals surface area (Å²) in [6.07, 6.45) is 5.13. The van der Waals surface area contributed by atoms with Gasteiger partial charge in [0.2, 0.25) is 5.91 Å². The van der Waals surface area contributed by atoms with Gasteiger partial charge in [-0.25, -0.2) is 0 Å². The first kappa shape index (κ1) is 24.8. The molecule has 0 fully saturated rings. The molecule has 6 heteroatoms. The Morgan fingerprint density at radius 3 is 2.82 bits per heavy atom. The van der Waals surface area contributed by atoms with E-state index >= 15 is 0 Å². The summed E-state index contributed by atoms with van der Waals surface area (Å²) in [7, 11) is 4.18. The summed E-state index contributed by atoms with van der Waals surface area (Å²) in [5, 5.41) is 5.53. The molecule has 0 bridgehead atoms. The number of benzene rings is 2. The van der Waals surface area contributed by atoms with Crippen LogP contribution in [0.2, 0.25) is 5.02 Å². The lowest BCUT2D eigenvalue weighted by Crippen LogP contribution is -2.53. The van der Waals surface area contributed by atoms with E-state index in [0.717, 1.165) is 60.7 Å². The molecule has 4 rings (SSSR count). The molecule has 1 aliphatic rings. The minimum absolute atomic E-state index is 0.0190. The van der Waals surface area contributed by atoms with Crippen molar-refractivity contribution in [1.29, 1.82) is 0 Å². The summed E-state index contributed by atoms with van der Waals surface area (Å²) in [4.78, 5) is 21.9. The number of unbranched alkanes of at least 4 members (excludes halogenated alkanes) is 1. The molecule has 0 aliphatic carbocycles. The van der Waals surface area contributed by atoms with Crippen molar-refractivity contribution in [3.8, 4) is 0 Å². The monoisotopic (exact) mass is 480 g/mol. The smallest absolute Gasteiger partial charge is 0.244 e. The van der Waals surface area contributed by atoms with E-state index in [9.17, 15) is 4.79 Å². The number of aromatic amines is 1. The van der Waals surface area contributed by atoms with E-state index in [-0.39, 0.29) is 17.9 Å². The Hall–Kier alpha value is -2.34. The Balaban J connectivity index is 1.69. The lowest BCUT2D eigenvalue weighted by Gasteiger charge is -2.39. The van der Waals surface area contributed by atoms with E-state index in [4.69, 9.17) is 11.6 Å². The van der Waals surface area contributed by atoms with Crippen LogP contribution in [-0.4, -0.2) is 55.6 Å². The largest absolute Gasteiger partial charge is 0.361 e. The van der Waals surface area contributed by atoms with Gasteiger partial charge >= 0.3 is 0 Å². The van der Waals surface area contributed by atoms with Gasteiger partial charge in [-0.2, -0.15) is 0 Å². The molecule has 0 saturated heterocycles. The minimum Gasteiger partial charge on any atom is -0.361 e. The first-order valence-corrected chi connectivity index (χ1v) is 12.8. The topological polar surface area (TPSA) is 51.4 Å². The highest BCUT2D eigenvalue weighted by atomic mass is 35.5. The molecule has 3 atom stereocenters. The van der Waals surface area contributed by atoms with E-state index in [0.29, 0.717) is 5.92 Å². The summed E-state index contributed by atoms with van der Waals surface area (Å²) in [6, 6.07) is 13.9. The zero-order chi connectivity index (χ0) is 24.2. The molecule has 2 unspecified atom stereocenters. The predicted molar refractivity (Wildman–Crippen MR) is 143 cm³/mol. The van der Waals surface area contributed by atoms with Crippen molar-refractivity contribution in [2.75, 3.05) is 38.6 Å². The molecule has 1 amide bonds. The number of anilines is 1. The molecule has 2 aromatic carbocycles. The Bertz CT molecular complexity index is 1120. The standard InChI is InChI=1S/C28H37ClN4O/c1-5-6-13-30-27(19(2)24-16-31-25-10-8-7-9-23(24)25)28(34)33-18-20(17-32(3)4)14-21-15-22(29)11-12-26(21)33/h7-12,15-16,19-20,27,30-31H,5-6,13-14,17-18H2,1-4H3/t19?,20-,27?/m1/s1. The molecule has 2 N–H and O–H groups in total. The van der Waals surface area contributed by atoms with Gasteiger partial charge in [-0.1, -0.05) is 50.1 Å². The number of H-pyrrole nitrogens is 1. The summed E-state index contributed by atoms with van der Waals surface area (Å²) in [6.45, 7) is 6.82. The fourth-order valence-corrected chi connectivity index (χ4v) is 5.49. The Kier molecular flexibility index (Phi) is 7.97. The number of hydrogen-bond donors (Lipinski definition) is 2. The van der Waals surface area contributed by atoms with Crippen molar-refractivity contribution in [3.05, 3.63) is 64.8 Å². The lowest BCUT2D eigenvalue weighted by atomic mass is 9.88. The van der Waals surface area contributed by atoms with Gasteiger partial charge in [0.15, 0.2) is 0 Å². The highest BCUT2D eigenvalue weighted by molar-refractivity contribution is 6.30. The quantitative estimate of drug-likeness (QED) is 0.400. The van der Waals surface area contributed by atoms with Crippen molar-refractivity contribution in [1.82, 2.24) is 15.2 Å². The number of carbonyl (C=O) groups excluding carboxylic acids is 1. The molecular formula is C28H37ClN4O. The lowest BCUT2D eigenvalue weighted by molar-refractivity contribution is -0.121. The number of amides is 1. The molecule has 1 aromatic heterocycles. The zero-order valence-corrected chi connectivity index (χ0v) is 21.5. The molecule has 0 radical (unpaired) electrons. The molecule has 34 heavy (non-hydrogen) atoms. The second kappa shape index (κ2) is 10.9. The number of aromatic nitrogens is 1. The first-order chi connectivity index (χ1) is 16.4. The van der Waals surface area contributed by atoms with Crippen LogP contribution in [0.25, 0.3) is 10.9 Å². The summed E-state index contributed by atoms with van der Waals surface area (Å²) >= 11 is 6.35. The van der Waals surface area contributed by atoms with Crippen molar-refractivity contribution in [2.45, 2.75) is 45.1 Å². The fourth-order valence-electron chi connectivity index (χ4n) is 5.29. The summed E-state index contributed by atoms with van der Waals surface area (Å²) < 4.78 is 0. The minimum atomic E-state index is -0.313. The van der Waals surface area contributed by atoms with Crippen LogP contribution < -0.4 is 10.2 Å². The Labute approximate surface area is 208 Å². The highest BCUT2D eigenvalue weighted by Crippen LogP contribution is 2.35. The molecule has 3 aromatic rings. The van der Waals surface area contributed by atoms with E-state index in [1.165, 1.54) is 10.9 Å². The number of carbonyl (C=O) groups is 1. The van der Waals surface area contributed by atoms with E-state index in [1.54, 1.807) is 0 Å². The van der Waals surface area contributed by atoms with Gasteiger partial charge in [0, 0.05) is 46.8 Å². The van der Waals surface area contributed by atoms with Crippen LogP contribution in [0.1, 0.15) is 43.7 Å². The SMILES string of the molecule is CCCCNC(C(=O)N1C[C@@H](CN(C)C)Cc2cc(Cl)ccc21)C(C)c1c[nH]c2ccccc12. The third-order valence-corrected chi connectivity index (χ3v) is 7.18. The predicted octanol–water partition coefficient (Wildman–Crippen LogP) is 5.45. The maximum absolute atomic E-state index is 14.3. The first-order valence-electron chi connectivity index (χ1n) is 12.4.